The van der Waals surface area contributed by atoms with E-state index in [2.05, 4.69) is 0 Å². The van der Waals surface area contributed by atoms with E-state index in [1.807, 2.05) is 0 Å². The summed E-state index contributed by atoms with van der Waals surface area (Å²) < 4.78 is 127. The molecule has 16 heteroatoms. The number of methoxy groups -OCH3 is 1. The summed E-state index contributed by atoms with van der Waals surface area (Å²) in [5.74, 6) is -3.15. The fraction of sp³-hybridized carbons (Fsp3) is 0.516. The van der Waals surface area contributed by atoms with Crippen molar-refractivity contribution < 1.29 is 63.7 Å². The molecular formula is C31H31F9N2O5. The molecule has 2 aromatic carbocycles. The van der Waals surface area contributed by atoms with E-state index in [-0.39, 0.29) is 29.7 Å². The minimum absolute atomic E-state index is 0.00849. The van der Waals surface area contributed by atoms with Gasteiger partial charge in [0.1, 0.15) is 0 Å². The van der Waals surface area contributed by atoms with Gasteiger partial charge in [0.15, 0.2) is 0 Å². The number of nitrogens with zero attached hydrogens (tertiary/aromatic N) is 2. The van der Waals surface area contributed by atoms with Crippen molar-refractivity contribution in [1.29, 1.82) is 0 Å². The van der Waals surface area contributed by atoms with Gasteiger partial charge in [-0.25, -0.2) is 4.79 Å². The summed E-state index contributed by atoms with van der Waals surface area (Å²) in [5.41, 5.74) is -4.72. The number of halogens is 9. The lowest BCUT2D eigenvalue weighted by atomic mass is 9.80. The Kier molecular flexibility index (Phi) is 10.1. The van der Waals surface area contributed by atoms with Gasteiger partial charge in [-0.05, 0) is 86.1 Å². The van der Waals surface area contributed by atoms with Crippen LogP contribution in [0.4, 0.5) is 50.0 Å². The van der Waals surface area contributed by atoms with Crippen molar-refractivity contribution in [2.45, 2.75) is 76.1 Å². The fourth-order valence-corrected chi connectivity index (χ4v) is 6.44. The molecule has 1 saturated carbocycles. The first-order chi connectivity index (χ1) is 21.7. The van der Waals surface area contributed by atoms with Gasteiger partial charge in [-0.1, -0.05) is 0 Å². The first-order valence-electron chi connectivity index (χ1n) is 14.6. The van der Waals surface area contributed by atoms with Gasteiger partial charge in [-0.15, -0.1) is 0 Å². The van der Waals surface area contributed by atoms with Gasteiger partial charge in [-0.2, -0.15) is 39.5 Å². The lowest BCUT2D eigenvalue weighted by Gasteiger charge is -2.34. The highest BCUT2D eigenvalue weighted by Crippen LogP contribution is 2.46. The number of carboxylic acid groups (broad SMARTS) is 1. The van der Waals surface area contributed by atoms with Crippen LogP contribution in [-0.2, 0) is 39.4 Å². The molecule has 258 valence electrons. The average molecular weight is 683 g/mol. The van der Waals surface area contributed by atoms with Gasteiger partial charge in [0.2, 0.25) is 5.91 Å². The van der Waals surface area contributed by atoms with Crippen LogP contribution in [0.15, 0.2) is 36.4 Å². The second kappa shape index (κ2) is 13.3. The van der Waals surface area contributed by atoms with Gasteiger partial charge in [-0.3, -0.25) is 9.59 Å². The van der Waals surface area contributed by atoms with Crippen molar-refractivity contribution in [2.75, 3.05) is 18.6 Å². The van der Waals surface area contributed by atoms with Gasteiger partial charge in [0.25, 0.3) is 0 Å². The molecule has 2 amide bonds. The molecule has 2 atom stereocenters. The minimum atomic E-state index is -5.16. The Morgan fingerprint density at radius 1 is 0.851 bits per heavy atom. The number of benzene rings is 2. The van der Waals surface area contributed by atoms with Gasteiger partial charge in [0, 0.05) is 43.1 Å². The Morgan fingerprint density at radius 2 is 1.40 bits per heavy atom. The lowest BCUT2D eigenvalue weighted by Crippen LogP contribution is -2.44. The molecule has 2 aromatic rings. The third-order valence-electron chi connectivity index (χ3n) is 8.77. The molecule has 1 heterocycles. The van der Waals surface area contributed by atoms with Crippen molar-refractivity contribution in [2.24, 2.45) is 11.8 Å². The summed E-state index contributed by atoms with van der Waals surface area (Å²) >= 11 is 0. The van der Waals surface area contributed by atoms with Crippen molar-refractivity contribution >= 4 is 23.7 Å². The summed E-state index contributed by atoms with van der Waals surface area (Å²) in [6.07, 6.45) is -14.8. The number of hydrogen-bond acceptors (Lipinski definition) is 4. The molecule has 47 heavy (non-hydrogen) atoms. The van der Waals surface area contributed by atoms with Crippen LogP contribution in [0, 0.1) is 11.8 Å². The molecule has 7 nitrogen and oxygen atoms in total. The number of hydrogen-bond donors (Lipinski definition) is 1. The number of alkyl halides is 9. The third-order valence-corrected chi connectivity index (χ3v) is 8.77. The SMILES string of the molecule is COC(=O)N(Cc1cc(C(F)(F)F)cc(C(F)(F)F)c1)CC1c2cc(C(F)(F)F)ccc2N(C(=O)C2CCC(CC(=O)O)CC2)C1C. The molecule has 0 radical (unpaired) electrons. The first kappa shape index (κ1) is 35.9. The van der Waals surface area contributed by atoms with E-state index >= 15 is 0 Å². The highest BCUT2D eigenvalue weighted by molar-refractivity contribution is 5.98. The highest BCUT2D eigenvalue weighted by atomic mass is 19.4. The first-order valence-corrected chi connectivity index (χ1v) is 14.6. The zero-order chi connectivity index (χ0) is 35.1. The van der Waals surface area contributed by atoms with Crippen molar-refractivity contribution in [3.63, 3.8) is 0 Å². The number of carboxylic acids is 1. The molecule has 4 rings (SSSR count). The lowest BCUT2D eigenvalue weighted by molar-refractivity contribution is -0.143. The number of carbonyl (C=O) groups is 3. The summed E-state index contributed by atoms with van der Waals surface area (Å²) in [6, 6.07) is 2.64. The quantitative estimate of drug-likeness (QED) is 0.298. The van der Waals surface area contributed by atoms with Crippen LogP contribution in [0.1, 0.15) is 72.8 Å². The fourth-order valence-electron chi connectivity index (χ4n) is 6.44. The second-order valence-electron chi connectivity index (χ2n) is 11.9. The topological polar surface area (TPSA) is 87.2 Å². The van der Waals surface area contributed by atoms with E-state index < -0.39 is 89.7 Å². The van der Waals surface area contributed by atoms with Crippen molar-refractivity contribution in [3.8, 4) is 0 Å². The number of carbonyl (C=O) groups excluding carboxylic acids is 2. The van der Waals surface area contributed by atoms with Crippen LogP contribution in [0.5, 0.6) is 0 Å². The van der Waals surface area contributed by atoms with Gasteiger partial charge in [0.05, 0.1) is 23.8 Å². The van der Waals surface area contributed by atoms with Crippen LogP contribution in [0.3, 0.4) is 0 Å². The van der Waals surface area contributed by atoms with E-state index in [1.165, 1.54) is 11.8 Å². The number of rotatable bonds is 7. The summed E-state index contributed by atoms with van der Waals surface area (Å²) in [7, 11) is 0.924. The summed E-state index contributed by atoms with van der Waals surface area (Å²) in [5, 5.41) is 9.09. The zero-order valence-corrected chi connectivity index (χ0v) is 25.1. The second-order valence-corrected chi connectivity index (χ2v) is 11.9. The third kappa shape index (κ3) is 8.12. The van der Waals surface area contributed by atoms with E-state index in [9.17, 15) is 53.9 Å². The van der Waals surface area contributed by atoms with Crippen LogP contribution in [-0.4, -0.2) is 47.7 Å². The Hall–Kier alpha value is -3.98. The Bertz CT molecular complexity index is 1470. The Balaban J connectivity index is 1.70. The molecule has 1 aliphatic carbocycles. The van der Waals surface area contributed by atoms with E-state index in [1.54, 1.807) is 0 Å². The molecule has 0 spiro atoms. The number of aliphatic carboxylic acids is 1. The smallest absolute Gasteiger partial charge is 0.416 e. The number of amides is 2. The van der Waals surface area contributed by atoms with Gasteiger partial charge < -0.3 is 19.6 Å². The zero-order valence-electron chi connectivity index (χ0n) is 25.1. The number of ether oxygens (including phenoxy) is 1. The Labute approximate surface area is 263 Å². The van der Waals surface area contributed by atoms with Crippen LogP contribution >= 0.6 is 0 Å². The van der Waals surface area contributed by atoms with E-state index in [0.29, 0.717) is 37.8 Å². The predicted molar refractivity (Wildman–Crippen MR) is 148 cm³/mol. The maximum Gasteiger partial charge on any atom is 0.416 e. The van der Waals surface area contributed by atoms with Crippen LogP contribution < -0.4 is 4.90 Å². The molecule has 2 unspecified atom stereocenters. The van der Waals surface area contributed by atoms with E-state index in [0.717, 1.165) is 30.2 Å². The van der Waals surface area contributed by atoms with Crippen LogP contribution in [0.25, 0.3) is 0 Å². The molecule has 2 aliphatic rings. The maximum atomic E-state index is 13.8. The molecular weight excluding hydrogens is 651 g/mol. The van der Waals surface area contributed by atoms with Crippen molar-refractivity contribution in [1.82, 2.24) is 4.90 Å². The molecule has 1 aliphatic heterocycles. The largest absolute Gasteiger partial charge is 0.481 e. The summed E-state index contributed by atoms with van der Waals surface area (Å²) in [4.78, 5) is 39.9. The molecule has 1 fully saturated rings. The summed E-state index contributed by atoms with van der Waals surface area (Å²) in [6.45, 7) is 0.182. The molecule has 0 saturated heterocycles. The van der Waals surface area contributed by atoms with Crippen LogP contribution in [0.2, 0.25) is 0 Å². The standard InChI is InChI=1S/C31H31F9N2O5/c1-16-24(15-41(28(46)47-2)14-18-9-21(30(35,36)37)12-22(10-18)31(38,39)40)23-13-20(29(32,33)34)7-8-25(23)42(16)27(45)19-5-3-17(4-6-19)11-26(43)44/h7-10,12-13,16-17,19,24H,3-6,11,14-15H2,1-2H3,(H,43,44). The maximum absolute atomic E-state index is 13.8. The molecule has 0 aromatic heterocycles. The molecule has 0 bridgehead atoms. The predicted octanol–water partition coefficient (Wildman–Crippen LogP) is 8.11. The number of anilines is 1. The normalized spacial score (nSPS) is 21.7. The van der Waals surface area contributed by atoms with Gasteiger partial charge >= 0.3 is 30.6 Å². The van der Waals surface area contributed by atoms with E-state index in [4.69, 9.17) is 9.84 Å². The Morgan fingerprint density at radius 3 is 1.89 bits per heavy atom. The molecule has 1 N–H and O–H groups in total. The average Bonchev–Trinajstić information content (AvgIpc) is 3.24. The van der Waals surface area contributed by atoms with Crippen molar-refractivity contribution in [3.05, 3.63) is 64.2 Å². The minimum Gasteiger partial charge on any atom is -0.481 e. The monoisotopic (exact) mass is 682 g/mol. The highest BCUT2D eigenvalue weighted by Gasteiger charge is 2.45. The number of fused-ring (bicyclic) bond motifs is 1.